The molecule has 3 heteroatoms. The zero-order valence-corrected chi connectivity index (χ0v) is 10.00. The van der Waals surface area contributed by atoms with Gasteiger partial charge < -0.3 is 0 Å². The van der Waals surface area contributed by atoms with Crippen molar-refractivity contribution in [2.24, 2.45) is 0 Å². The Kier molecular flexibility index (Phi) is 2.45. The predicted octanol–water partition coefficient (Wildman–Crippen LogP) is 2.69. The number of fused-ring (bicyclic) bond motifs is 1. The summed E-state index contributed by atoms with van der Waals surface area (Å²) in [6.45, 7) is 1.90. The highest BCUT2D eigenvalue weighted by Gasteiger charge is 2.02. The zero-order chi connectivity index (χ0) is 12.5. The molecule has 0 bridgehead atoms. The fourth-order valence-corrected chi connectivity index (χ4v) is 1.96. The summed E-state index contributed by atoms with van der Waals surface area (Å²) in [6.07, 6.45) is 1.76. The van der Waals surface area contributed by atoms with Gasteiger partial charge in [0.2, 0.25) is 0 Å². The van der Waals surface area contributed by atoms with Gasteiger partial charge in [-0.25, -0.2) is 4.98 Å². The van der Waals surface area contributed by atoms with Crippen LogP contribution >= 0.6 is 0 Å². The van der Waals surface area contributed by atoms with Crippen LogP contribution in [0.3, 0.4) is 0 Å². The second kappa shape index (κ2) is 4.11. The summed E-state index contributed by atoms with van der Waals surface area (Å²) < 4.78 is 1.56. The normalized spacial score (nSPS) is 10.7. The largest absolute Gasteiger partial charge is 0.269 e. The highest BCUT2D eigenvalue weighted by atomic mass is 16.1. The van der Waals surface area contributed by atoms with E-state index >= 15 is 0 Å². The van der Waals surface area contributed by atoms with E-state index in [0.29, 0.717) is 5.82 Å². The maximum atomic E-state index is 11.9. The molecular formula is C15H12N2O. The van der Waals surface area contributed by atoms with E-state index in [2.05, 4.69) is 4.98 Å². The van der Waals surface area contributed by atoms with Crippen LogP contribution in [0.25, 0.3) is 16.7 Å². The van der Waals surface area contributed by atoms with Gasteiger partial charge in [0.15, 0.2) is 0 Å². The lowest BCUT2D eigenvalue weighted by Crippen LogP contribution is -2.17. The minimum absolute atomic E-state index is 0.0576. The summed E-state index contributed by atoms with van der Waals surface area (Å²) in [7, 11) is 0. The van der Waals surface area contributed by atoms with Gasteiger partial charge in [-0.3, -0.25) is 9.36 Å². The number of rotatable bonds is 1. The molecular weight excluding hydrogens is 224 g/mol. The molecule has 0 N–H and O–H groups in total. The van der Waals surface area contributed by atoms with Crippen molar-refractivity contribution in [2.45, 2.75) is 6.92 Å². The Labute approximate surface area is 104 Å². The molecule has 0 aliphatic heterocycles. The molecule has 0 aliphatic carbocycles. The second-order valence-electron chi connectivity index (χ2n) is 4.27. The SMILES string of the molecule is Cc1ccn(-c2ccc3ccccc3n2)c(=O)c1. The number of hydrogen-bond acceptors (Lipinski definition) is 2. The van der Waals surface area contributed by atoms with Crippen molar-refractivity contribution in [2.75, 3.05) is 0 Å². The van der Waals surface area contributed by atoms with Gasteiger partial charge in [0, 0.05) is 17.6 Å². The van der Waals surface area contributed by atoms with Crippen molar-refractivity contribution in [3.63, 3.8) is 0 Å². The van der Waals surface area contributed by atoms with Gasteiger partial charge in [-0.2, -0.15) is 0 Å². The van der Waals surface area contributed by atoms with Gasteiger partial charge in [0.05, 0.1) is 5.52 Å². The first-order valence-electron chi connectivity index (χ1n) is 5.79. The lowest BCUT2D eigenvalue weighted by molar-refractivity contribution is 0.944. The van der Waals surface area contributed by atoms with Gasteiger partial charge >= 0.3 is 0 Å². The third kappa shape index (κ3) is 1.80. The Bertz CT molecular complexity index is 775. The molecule has 0 radical (unpaired) electrons. The number of aromatic nitrogens is 2. The van der Waals surface area contributed by atoms with Crippen LogP contribution in [-0.2, 0) is 0 Å². The van der Waals surface area contributed by atoms with E-state index in [1.165, 1.54) is 0 Å². The molecule has 3 rings (SSSR count). The summed E-state index contributed by atoms with van der Waals surface area (Å²) >= 11 is 0. The van der Waals surface area contributed by atoms with Crippen LogP contribution in [0.15, 0.2) is 59.5 Å². The van der Waals surface area contributed by atoms with Gasteiger partial charge in [-0.15, -0.1) is 0 Å². The zero-order valence-electron chi connectivity index (χ0n) is 10.00. The fourth-order valence-electron chi connectivity index (χ4n) is 1.96. The molecule has 0 unspecified atom stereocenters. The molecule has 0 amide bonds. The average Bonchev–Trinajstić information content (AvgIpc) is 2.38. The Balaban J connectivity index is 2.22. The molecule has 3 aromatic rings. The summed E-state index contributed by atoms with van der Waals surface area (Å²) in [5, 5.41) is 1.07. The van der Waals surface area contributed by atoms with Crippen LogP contribution in [-0.4, -0.2) is 9.55 Å². The van der Waals surface area contributed by atoms with E-state index in [1.54, 1.807) is 16.8 Å². The van der Waals surface area contributed by atoms with Crippen LogP contribution in [0, 0.1) is 6.92 Å². The van der Waals surface area contributed by atoms with Gasteiger partial charge in [0.1, 0.15) is 5.82 Å². The number of hydrogen-bond donors (Lipinski definition) is 0. The lowest BCUT2D eigenvalue weighted by Gasteiger charge is -2.06. The molecule has 1 aromatic carbocycles. The molecule has 0 fully saturated rings. The summed E-state index contributed by atoms with van der Waals surface area (Å²) in [4.78, 5) is 16.4. The van der Waals surface area contributed by atoms with E-state index in [9.17, 15) is 4.79 Å². The first kappa shape index (κ1) is 10.7. The van der Waals surface area contributed by atoms with Crippen LogP contribution < -0.4 is 5.56 Å². The average molecular weight is 236 g/mol. The molecule has 0 saturated heterocycles. The third-order valence-corrected chi connectivity index (χ3v) is 2.91. The van der Waals surface area contributed by atoms with Crippen molar-refractivity contribution < 1.29 is 0 Å². The molecule has 0 spiro atoms. The maximum Gasteiger partial charge on any atom is 0.256 e. The topological polar surface area (TPSA) is 34.9 Å². The van der Waals surface area contributed by atoms with E-state index in [0.717, 1.165) is 16.5 Å². The van der Waals surface area contributed by atoms with E-state index in [1.807, 2.05) is 49.4 Å². The smallest absolute Gasteiger partial charge is 0.256 e. The van der Waals surface area contributed by atoms with E-state index in [-0.39, 0.29) is 5.56 Å². The van der Waals surface area contributed by atoms with Crippen molar-refractivity contribution in [1.82, 2.24) is 9.55 Å². The van der Waals surface area contributed by atoms with Crippen LogP contribution in [0.5, 0.6) is 0 Å². The van der Waals surface area contributed by atoms with Crippen LogP contribution in [0.2, 0.25) is 0 Å². The number of aryl methyl sites for hydroxylation is 1. The summed E-state index contributed by atoms with van der Waals surface area (Å²) in [5.41, 5.74) is 1.79. The number of nitrogens with zero attached hydrogens (tertiary/aromatic N) is 2. The monoisotopic (exact) mass is 236 g/mol. The molecule has 18 heavy (non-hydrogen) atoms. The first-order valence-corrected chi connectivity index (χ1v) is 5.79. The number of para-hydroxylation sites is 1. The van der Waals surface area contributed by atoms with Crippen LogP contribution in [0.1, 0.15) is 5.56 Å². The summed E-state index contributed by atoms with van der Waals surface area (Å²) in [5.74, 6) is 0.652. The molecule has 2 aromatic heterocycles. The second-order valence-corrected chi connectivity index (χ2v) is 4.27. The minimum atomic E-state index is -0.0576. The van der Waals surface area contributed by atoms with Gasteiger partial charge in [-0.05, 0) is 36.8 Å². The number of pyridine rings is 2. The van der Waals surface area contributed by atoms with Crippen LogP contribution in [0.4, 0.5) is 0 Å². The Morgan fingerprint density at radius 2 is 1.89 bits per heavy atom. The molecule has 3 nitrogen and oxygen atoms in total. The fraction of sp³-hybridized carbons (Fsp3) is 0.0667. The number of benzene rings is 1. The Morgan fingerprint density at radius 3 is 2.72 bits per heavy atom. The van der Waals surface area contributed by atoms with Crippen molar-refractivity contribution in [3.05, 3.63) is 70.6 Å². The quantitative estimate of drug-likeness (QED) is 0.651. The lowest BCUT2D eigenvalue weighted by atomic mass is 10.2. The Hall–Kier alpha value is -2.42. The third-order valence-electron chi connectivity index (χ3n) is 2.91. The highest BCUT2D eigenvalue weighted by molar-refractivity contribution is 5.79. The van der Waals surface area contributed by atoms with E-state index < -0.39 is 0 Å². The van der Waals surface area contributed by atoms with E-state index in [4.69, 9.17) is 0 Å². The molecule has 0 atom stereocenters. The maximum absolute atomic E-state index is 11.9. The van der Waals surface area contributed by atoms with Gasteiger partial charge in [-0.1, -0.05) is 18.2 Å². The predicted molar refractivity (Wildman–Crippen MR) is 72.1 cm³/mol. The van der Waals surface area contributed by atoms with Crippen molar-refractivity contribution in [3.8, 4) is 5.82 Å². The Morgan fingerprint density at radius 1 is 1.06 bits per heavy atom. The minimum Gasteiger partial charge on any atom is -0.269 e. The first-order chi connectivity index (χ1) is 8.74. The highest BCUT2D eigenvalue weighted by Crippen LogP contribution is 2.13. The van der Waals surface area contributed by atoms with Crippen molar-refractivity contribution >= 4 is 10.9 Å². The molecule has 0 saturated carbocycles. The molecule has 88 valence electrons. The molecule has 0 aliphatic rings. The standard InChI is InChI=1S/C15H12N2O/c1-11-8-9-17(15(18)10-11)14-7-6-12-4-2-3-5-13(12)16-14/h2-10H,1H3. The van der Waals surface area contributed by atoms with Crippen molar-refractivity contribution in [1.29, 1.82) is 0 Å². The molecule has 2 heterocycles. The summed E-state index contributed by atoms with van der Waals surface area (Å²) in [6, 6.07) is 15.2. The van der Waals surface area contributed by atoms with Gasteiger partial charge in [0.25, 0.3) is 5.56 Å².